The highest BCUT2D eigenvalue weighted by molar-refractivity contribution is 6.23. The first-order valence-electron chi connectivity index (χ1n) is 24.2. The average molecular weight is 894 g/mol. The summed E-state index contributed by atoms with van der Waals surface area (Å²) in [5.41, 5.74) is 23.2. The molecule has 0 N–H and O–H groups in total. The molecule has 0 unspecified atom stereocenters. The Morgan fingerprint density at radius 2 is 0.857 bits per heavy atom. The fraction of sp³-hybridized carbons (Fsp3) is 0.0448. The van der Waals surface area contributed by atoms with Crippen molar-refractivity contribution in [3.8, 4) is 66.8 Å². The molecule has 2 aliphatic rings. The standard InChI is InChI=1S/C67H43NO2/c1-67(2)56-31-11-9-23-46(56)47-36-35-41(39-57(47)67)68(58-32-13-18-40-17-3-4-19-42(40)58)59-33-16-29-54-62(59)49-25-8-7-21-44(49)43-20-5-6-22-45(43)50-37-38-61-64(63(50)54)55-30-15-28-53(66(55)70-61)52-27-14-26-51-48-24-10-12-34-60(48)69-65(51)52/h3-39H,1-2H3. The van der Waals surface area contributed by atoms with Crippen LogP contribution in [0.25, 0.3) is 121 Å². The van der Waals surface area contributed by atoms with E-state index in [2.05, 4.69) is 231 Å². The first-order chi connectivity index (χ1) is 34.5. The molecular formula is C67H43NO2. The van der Waals surface area contributed by atoms with Crippen molar-refractivity contribution in [1.29, 1.82) is 0 Å². The Morgan fingerprint density at radius 1 is 0.329 bits per heavy atom. The third-order valence-corrected chi connectivity index (χ3v) is 15.4. The summed E-state index contributed by atoms with van der Waals surface area (Å²) in [6.07, 6.45) is 0. The fourth-order valence-electron chi connectivity index (χ4n) is 12.3. The maximum Gasteiger partial charge on any atom is 0.143 e. The molecule has 0 radical (unpaired) electrons. The molecule has 0 spiro atoms. The Labute approximate surface area is 405 Å². The maximum absolute atomic E-state index is 7.17. The van der Waals surface area contributed by atoms with Gasteiger partial charge in [0.25, 0.3) is 0 Å². The number of hydrogen-bond donors (Lipinski definition) is 0. The number of para-hydroxylation sites is 3. The molecule has 13 aromatic rings. The normalized spacial score (nSPS) is 13.1. The SMILES string of the molecule is CC1(C)c2ccccc2-c2ccc(N(c3cccc4c3-c3ccccc3-c3ccccc3-c3ccc5oc6c(-c7cccc8c7oc7ccccc78)cccc6c5c3-4)c3cccc4ccccc34)cc21. The van der Waals surface area contributed by atoms with Crippen LogP contribution in [0.1, 0.15) is 25.0 Å². The van der Waals surface area contributed by atoms with Crippen LogP contribution in [0.4, 0.5) is 17.1 Å². The van der Waals surface area contributed by atoms with E-state index in [1.807, 2.05) is 12.1 Å². The maximum atomic E-state index is 7.17. The second-order valence-corrected chi connectivity index (χ2v) is 19.5. The molecular weight excluding hydrogens is 851 g/mol. The Balaban J connectivity index is 1.05. The van der Waals surface area contributed by atoms with Crippen LogP contribution < -0.4 is 4.90 Å². The van der Waals surface area contributed by atoms with Crippen molar-refractivity contribution in [2.45, 2.75) is 19.3 Å². The molecule has 2 aliphatic carbocycles. The van der Waals surface area contributed by atoms with Crippen LogP contribution in [0.5, 0.6) is 0 Å². The average Bonchev–Trinajstić information content (AvgIpc) is 4.06. The third-order valence-electron chi connectivity index (χ3n) is 15.4. The van der Waals surface area contributed by atoms with Gasteiger partial charge < -0.3 is 13.7 Å². The van der Waals surface area contributed by atoms with Gasteiger partial charge in [0.2, 0.25) is 0 Å². The number of furan rings is 2. The Morgan fingerprint density at radius 3 is 1.69 bits per heavy atom. The van der Waals surface area contributed by atoms with E-state index in [1.165, 1.54) is 55.3 Å². The lowest BCUT2D eigenvalue weighted by molar-refractivity contribution is 0.660. The molecule has 11 aromatic carbocycles. The van der Waals surface area contributed by atoms with Crippen molar-refractivity contribution in [3.63, 3.8) is 0 Å². The first kappa shape index (κ1) is 39.1. The van der Waals surface area contributed by atoms with Gasteiger partial charge in [0.15, 0.2) is 0 Å². The van der Waals surface area contributed by atoms with E-state index in [9.17, 15) is 0 Å². The van der Waals surface area contributed by atoms with Crippen LogP contribution in [0.2, 0.25) is 0 Å². The molecule has 0 atom stereocenters. The Kier molecular flexibility index (Phi) is 8.13. The van der Waals surface area contributed by atoms with Crippen LogP contribution in [0.3, 0.4) is 0 Å². The predicted octanol–water partition coefficient (Wildman–Crippen LogP) is 19.1. The lowest BCUT2D eigenvalue weighted by Gasteiger charge is -2.33. The molecule has 0 amide bonds. The van der Waals surface area contributed by atoms with E-state index >= 15 is 0 Å². The molecule has 0 aliphatic heterocycles. The largest absolute Gasteiger partial charge is 0.455 e. The van der Waals surface area contributed by atoms with Crippen molar-refractivity contribution in [1.82, 2.24) is 0 Å². The van der Waals surface area contributed by atoms with E-state index in [4.69, 9.17) is 8.83 Å². The van der Waals surface area contributed by atoms with Crippen molar-refractivity contribution in [2.24, 2.45) is 0 Å². The van der Waals surface area contributed by atoms with E-state index in [-0.39, 0.29) is 5.41 Å². The summed E-state index contributed by atoms with van der Waals surface area (Å²) in [5.74, 6) is 0. The number of benzene rings is 11. The highest BCUT2D eigenvalue weighted by atomic mass is 16.3. The quantitative estimate of drug-likeness (QED) is 0.176. The zero-order valence-corrected chi connectivity index (χ0v) is 38.6. The Bertz CT molecular complexity index is 4350. The van der Waals surface area contributed by atoms with Gasteiger partial charge in [0, 0.05) is 60.3 Å². The molecule has 3 heteroatoms. The summed E-state index contributed by atoms with van der Waals surface area (Å²) < 4.78 is 13.8. The molecule has 0 fully saturated rings. The molecule has 0 bridgehead atoms. The molecule has 0 saturated heterocycles. The van der Waals surface area contributed by atoms with Crippen LogP contribution in [-0.2, 0) is 5.41 Å². The molecule has 2 heterocycles. The van der Waals surface area contributed by atoms with Gasteiger partial charge in [-0.25, -0.2) is 0 Å². The van der Waals surface area contributed by atoms with Gasteiger partial charge in [-0.3, -0.25) is 0 Å². The smallest absolute Gasteiger partial charge is 0.143 e. The van der Waals surface area contributed by atoms with Crippen LogP contribution in [0.15, 0.2) is 233 Å². The number of fused-ring (bicyclic) bond motifs is 19. The van der Waals surface area contributed by atoms with E-state index in [0.717, 1.165) is 94.3 Å². The zero-order valence-electron chi connectivity index (χ0n) is 38.6. The number of nitrogens with zero attached hydrogens (tertiary/aromatic N) is 1. The number of rotatable bonds is 4. The van der Waals surface area contributed by atoms with Crippen LogP contribution in [-0.4, -0.2) is 0 Å². The second kappa shape index (κ2) is 14.5. The number of anilines is 3. The number of hydrogen-bond acceptors (Lipinski definition) is 3. The highest BCUT2D eigenvalue weighted by Crippen LogP contribution is 2.57. The van der Waals surface area contributed by atoms with Gasteiger partial charge in [-0.05, 0) is 103 Å². The third kappa shape index (κ3) is 5.40. The van der Waals surface area contributed by atoms with Gasteiger partial charge >= 0.3 is 0 Å². The zero-order chi connectivity index (χ0) is 46.2. The minimum atomic E-state index is -0.185. The molecule has 3 nitrogen and oxygen atoms in total. The van der Waals surface area contributed by atoms with Crippen molar-refractivity contribution < 1.29 is 8.83 Å². The minimum Gasteiger partial charge on any atom is -0.455 e. The first-order valence-corrected chi connectivity index (χ1v) is 24.2. The summed E-state index contributed by atoms with van der Waals surface area (Å²) in [6, 6.07) is 82.2. The summed E-state index contributed by atoms with van der Waals surface area (Å²) in [6.45, 7) is 4.74. The lowest BCUT2D eigenvalue weighted by Crippen LogP contribution is -2.17. The molecule has 328 valence electrons. The van der Waals surface area contributed by atoms with Gasteiger partial charge in [-0.1, -0.05) is 196 Å². The fourth-order valence-corrected chi connectivity index (χ4v) is 12.3. The van der Waals surface area contributed by atoms with Crippen LogP contribution in [0, 0.1) is 0 Å². The van der Waals surface area contributed by atoms with E-state index in [1.54, 1.807) is 0 Å². The molecule has 2 aromatic heterocycles. The lowest BCUT2D eigenvalue weighted by atomic mass is 9.78. The predicted molar refractivity (Wildman–Crippen MR) is 291 cm³/mol. The van der Waals surface area contributed by atoms with Gasteiger partial charge in [0.05, 0.1) is 11.4 Å². The van der Waals surface area contributed by atoms with E-state index in [0.29, 0.717) is 0 Å². The monoisotopic (exact) mass is 893 g/mol. The topological polar surface area (TPSA) is 29.5 Å². The Hall–Kier alpha value is -8.92. The van der Waals surface area contributed by atoms with Crippen molar-refractivity contribution >= 4 is 71.7 Å². The summed E-state index contributed by atoms with van der Waals surface area (Å²) >= 11 is 0. The summed E-state index contributed by atoms with van der Waals surface area (Å²) in [7, 11) is 0. The van der Waals surface area contributed by atoms with E-state index < -0.39 is 0 Å². The summed E-state index contributed by atoms with van der Waals surface area (Å²) in [5, 5.41) is 6.73. The minimum absolute atomic E-state index is 0.185. The second-order valence-electron chi connectivity index (χ2n) is 19.5. The highest BCUT2D eigenvalue weighted by Gasteiger charge is 2.37. The summed E-state index contributed by atoms with van der Waals surface area (Å²) in [4.78, 5) is 2.53. The van der Waals surface area contributed by atoms with Crippen LogP contribution >= 0.6 is 0 Å². The van der Waals surface area contributed by atoms with Gasteiger partial charge in [-0.15, -0.1) is 0 Å². The van der Waals surface area contributed by atoms with Gasteiger partial charge in [0.1, 0.15) is 22.3 Å². The molecule has 70 heavy (non-hydrogen) atoms. The van der Waals surface area contributed by atoms with Crippen molar-refractivity contribution in [2.75, 3.05) is 4.90 Å². The van der Waals surface area contributed by atoms with Crippen molar-refractivity contribution in [3.05, 3.63) is 236 Å². The molecule has 0 saturated carbocycles. The van der Waals surface area contributed by atoms with Gasteiger partial charge in [-0.2, -0.15) is 0 Å². The molecule has 15 rings (SSSR count).